The highest BCUT2D eigenvalue weighted by molar-refractivity contribution is 5.87. The second-order valence-electron chi connectivity index (χ2n) is 6.19. The molecule has 1 aromatic rings. The van der Waals surface area contributed by atoms with Crippen molar-refractivity contribution < 1.29 is 14.3 Å². The van der Waals surface area contributed by atoms with Gasteiger partial charge in [0.25, 0.3) is 0 Å². The monoisotopic (exact) mass is 302 g/mol. The van der Waals surface area contributed by atoms with Crippen LogP contribution in [0.15, 0.2) is 30.3 Å². The number of likely N-dealkylation sites (tertiary alicyclic amines) is 1. The first-order valence-corrected chi connectivity index (χ1v) is 7.79. The maximum Gasteiger partial charge on any atom is 0.329 e. The smallest absolute Gasteiger partial charge is 0.329 e. The highest BCUT2D eigenvalue weighted by atomic mass is 16.5. The molecule has 0 spiro atoms. The SMILES string of the molecule is CNCC(=O)N1C(C(=O)OCc2ccccc2)CC2C(C)C21. The van der Waals surface area contributed by atoms with Gasteiger partial charge in [-0.2, -0.15) is 0 Å². The maximum atomic E-state index is 12.4. The van der Waals surface area contributed by atoms with Gasteiger partial charge < -0.3 is 15.0 Å². The van der Waals surface area contributed by atoms with Crippen molar-refractivity contribution in [2.45, 2.75) is 32.0 Å². The van der Waals surface area contributed by atoms with E-state index in [1.54, 1.807) is 11.9 Å². The van der Waals surface area contributed by atoms with Crippen LogP contribution >= 0.6 is 0 Å². The third kappa shape index (κ3) is 2.73. The number of hydrogen-bond donors (Lipinski definition) is 1. The van der Waals surface area contributed by atoms with Gasteiger partial charge in [-0.15, -0.1) is 0 Å². The molecule has 1 N–H and O–H groups in total. The van der Waals surface area contributed by atoms with Crippen molar-refractivity contribution in [3.8, 4) is 0 Å². The van der Waals surface area contributed by atoms with Gasteiger partial charge in [0, 0.05) is 6.04 Å². The van der Waals surface area contributed by atoms with E-state index in [-0.39, 0.29) is 31.1 Å². The van der Waals surface area contributed by atoms with E-state index in [9.17, 15) is 9.59 Å². The van der Waals surface area contributed by atoms with Crippen LogP contribution in [0.3, 0.4) is 0 Å². The Balaban J connectivity index is 1.63. The second kappa shape index (κ2) is 6.08. The predicted molar refractivity (Wildman–Crippen MR) is 81.9 cm³/mol. The summed E-state index contributed by atoms with van der Waals surface area (Å²) >= 11 is 0. The highest BCUT2D eigenvalue weighted by Crippen LogP contribution is 2.53. The molecule has 5 heteroatoms. The number of carbonyl (C=O) groups excluding carboxylic acids is 2. The lowest BCUT2D eigenvalue weighted by atomic mass is 10.1. The number of rotatable bonds is 5. The number of carbonyl (C=O) groups is 2. The molecule has 2 fully saturated rings. The van der Waals surface area contributed by atoms with Crippen LogP contribution in [0.2, 0.25) is 0 Å². The van der Waals surface area contributed by atoms with Crippen molar-refractivity contribution >= 4 is 11.9 Å². The Labute approximate surface area is 130 Å². The number of ether oxygens (including phenoxy) is 1. The zero-order valence-corrected chi connectivity index (χ0v) is 13.0. The second-order valence-corrected chi connectivity index (χ2v) is 6.19. The van der Waals surface area contributed by atoms with Crippen LogP contribution in [-0.2, 0) is 20.9 Å². The first kappa shape index (κ1) is 15.0. The van der Waals surface area contributed by atoms with Crippen molar-refractivity contribution in [2.24, 2.45) is 11.8 Å². The first-order chi connectivity index (χ1) is 10.6. The molecule has 22 heavy (non-hydrogen) atoms. The maximum absolute atomic E-state index is 12.4. The van der Waals surface area contributed by atoms with Gasteiger partial charge >= 0.3 is 5.97 Å². The normalized spacial score (nSPS) is 29.1. The molecule has 5 nitrogen and oxygen atoms in total. The first-order valence-electron chi connectivity index (χ1n) is 7.79. The predicted octanol–water partition coefficient (Wildman–Crippen LogP) is 1.18. The number of piperidine rings is 1. The van der Waals surface area contributed by atoms with Crippen LogP contribution in [0.4, 0.5) is 0 Å². The zero-order chi connectivity index (χ0) is 15.7. The summed E-state index contributed by atoms with van der Waals surface area (Å²) < 4.78 is 5.42. The number of nitrogens with one attached hydrogen (secondary N) is 1. The fourth-order valence-electron chi connectivity index (χ4n) is 3.53. The van der Waals surface area contributed by atoms with Crippen LogP contribution in [0.1, 0.15) is 18.9 Å². The van der Waals surface area contributed by atoms with Gasteiger partial charge in [0.1, 0.15) is 12.6 Å². The van der Waals surface area contributed by atoms with Crippen molar-refractivity contribution in [1.29, 1.82) is 0 Å². The number of amides is 1. The number of fused-ring (bicyclic) bond motifs is 1. The van der Waals surface area contributed by atoms with Gasteiger partial charge in [0.05, 0.1) is 6.54 Å². The molecule has 1 aromatic carbocycles. The number of nitrogens with zero attached hydrogens (tertiary/aromatic N) is 1. The molecule has 2 aliphatic rings. The molecule has 1 aliphatic heterocycles. The van der Waals surface area contributed by atoms with Gasteiger partial charge in [-0.25, -0.2) is 4.79 Å². The lowest BCUT2D eigenvalue weighted by Crippen LogP contribution is -2.47. The van der Waals surface area contributed by atoms with Gasteiger partial charge in [0.2, 0.25) is 5.91 Å². The highest BCUT2D eigenvalue weighted by Gasteiger charge is 2.61. The fourth-order valence-corrected chi connectivity index (χ4v) is 3.53. The summed E-state index contributed by atoms with van der Waals surface area (Å²) in [5.41, 5.74) is 0.959. The summed E-state index contributed by atoms with van der Waals surface area (Å²) in [5, 5.41) is 2.87. The summed E-state index contributed by atoms with van der Waals surface area (Å²) in [4.78, 5) is 26.4. The van der Waals surface area contributed by atoms with Crippen LogP contribution in [-0.4, -0.2) is 42.5 Å². The summed E-state index contributed by atoms with van der Waals surface area (Å²) in [7, 11) is 1.74. The standard InChI is InChI=1S/C17H22N2O3/c1-11-13-8-14(19(16(11)13)15(20)9-18-2)17(21)22-10-12-6-4-3-5-7-12/h3-7,11,13-14,16,18H,8-10H2,1-2H3. The molecule has 1 amide bonds. The van der Waals surface area contributed by atoms with Crippen LogP contribution < -0.4 is 5.32 Å². The van der Waals surface area contributed by atoms with Gasteiger partial charge in [-0.3, -0.25) is 4.79 Å². The number of benzene rings is 1. The Bertz CT molecular complexity index is 560. The molecule has 1 aliphatic carbocycles. The van der Waals surface area contributed by atoms with E-state index in [4.69, 9.17) is 4.74 Å². The van der Waals surface area contributed by atoms with Crippen molar-refractivity contribution in [3.63, 3.8) is 0 Å². The van der Waals surface area contributed by atoms with E-state index in [1.165, 1.54) is 0 Å². The molecular formula is C17H22N2O3. The van der Waals surface area contributed by atoms with E-state index in [1.807, 2.05) is 30.3 Å². The van der Waals surface area contributed by atoms with Gasteiger partial charge in [0.15, 0.2) is 0 Å². The van der Waals surface area contributed by atoms with Gasteiger partial charge in [-0.1, -0.05) is 37.3 Å². The summed E-state index contributed by atoms with van der Waals surface area (Å²) in [6.07, 6.45) is 0.731. The zero-order valence-electron chi connectivity index (χ0n) is 13.0. The Morgan fingerprint density at radius 3 is 2.73 bits per heavy atom. The Kier molecular flexibility index (Phi) is 4.16. The van der Waals surface area contributed by atoms with Crippen molar-refractivity contribution in [2.75, 3.05) is 13.6 Å². The molecule has 4 atom stereocenters. The minimum atomic E-state index is -0.421. The molecule has 3 rings (SSSR count). The quantitative estimate of drug-likeness (QED) is 0.830. The number of hydrogen-bond acceptors (Lipinski definition) is 4. The molecule has 1 saturated carbocycles. The lowest BCUT2D eigenvalue weighted by Gasteiger charge is -2.27. The molecule has 1 saturated heterocycles. The van der Waals surface area contributed by atoms with Crippen LogP contribution in [0, 0.1) is 11.8 Å². The van der Waals surface area contributed by atoms with E-state index < -0.39 is 6.04 Å². The summed E-state index contributed by atoms with van der Waals surface area (Å²) in [6, 6.07) is 9.40. The summed E-state index contributed by atoms with van der Waals surface area (Å²) in [6.45, 7) is 2.66. The molecule has 1 heterocycles. The molecule has 118 valence electrons. The molecule has 0 aromatic heterocycles. The van der Waals surface area contributed by atoms with E-state index >= 15 is 0 Å². The van der Waals surface area contributed by atoms with Crippen LogP contribution in [0.25, 0.3) is 0 Å². The third-order valence-corrected chi connectivity index (χ3v) is 4.78. The number of esters is 1. The average Bonchev–Trinajstić information content (AvgIpc) is 2.99. The number of likely N-dealkylation sites (N-methyl/N-ethyl adjacent to an activating group) is 1. The largest absolute Gasteiger partial charge is 0.459 e. The van der Waals surface area contributed by atoms with Crippen molar-refractivity contribution in [3.05, 3.63) is 35.9 Å². The topological polar surface area (TPSA) is 58.6 Å². The average molecular weight is 302 g/mol. The fraction of sp³-hybridized carbons (Fsp3) is 0.529. The van der Waals surface area contributed by atoms with E-state index in [0.717, 1.165) is 12.0 Å². The summed E-state index contributed by atoms with van der Waals surface area (Å²) in [5.74, 6) is 0.655. The minimum Gasteiger partial charge on any atom is -0.459 e. The lowest BCUT2D eigenvalue weighted by molar-refractivity contribution is -0.155. The van der Waals surface area contributed by atoms with E-state index in [2.05, 4.69) is 12.2 Å². The molecule has 0 bridgehead atoms. The Morgan fingerprint density at radius 2 is 2.05 bits per heavy atom. The van der Waals surface area contributed by atoms with Crippen molar-refractivity contribution in [1.82, 2.24) is 10.2 Å². The Hall–Kier alpha value is -1.88. The van der Waals surface area contributed by atoms with E-state index in [0.29, 0.717) is 11.8 Å². The van der Waals surface area contributed by atoms with Gasteiger partial charge in [-0.05, 0) is 30.9 Å². The van der Waals surface area contributed by atoms with Crippen LogP contribution in [0.5, 0.6) is 0 Å². The molecule has 0 radical (unpaired) electrons. The Morgan fingerprint density at radius 1 is 1.32 bits per heavy atom. The third-order valence-electron chi connectivity index (χ3n) is 4.78. The molecular weight excluding hydrogens is 280 g/mol. The molecule has 4 unspecified atom stereocenters. The minimum absolute atomic E-state index is 0.0130.